The predicted octanol–water partition coefficient (Wildman–Crippen LogP) is 1.85. The lowest BCUT2D eigenvalue weighted by atomic mass is 9.74. The molecule has 1 aromatic heterocycles. The van der Waals surface area contributed by atoms with Gasteiger partial charge in [-0.1, -0.05) is 31.4 Å². The number of carbonyl (C=O) groups is 2. The molecule has 1 saturated heterocycles. The Labute approximate surface area is 149 Å². The summed E-state index contributed by atoms with van der Waals surface area (Å²) in [6.45, 7) is 3.42. The van der Waals surface area contributed by atoms with E-state index in [2.05, 4.69) is 17.2 Å². The lowest BCUT2D eigenvalue weighted by molar-refractivity contribution is -0.142. The largest absolute Gasteiger partial charge is 0.343 e. The van der Waals surface area contributed by atoms with Crippen molar-refractivity contribution in [1.29, 1.82) is 0 Å². The second kappa shape index (κ2) is 7.14. The van der Waals surface area contributed by atoms with Crippen molar-refractivity contribution in [3.63, 3.8) is 0 Å². The van der Waals surface area contributed by atoms with Crippen molar-refractivity contribution >= 4 is 11.8 Å². The average Bonchev–Trinajstić information content (AvgIpc) is 3.23. The molecule has 0 unspecified atom stereocenters. The number of amides is 2. The molecular formula is C18H29N5O2. The Bertz CT molecular complexity index is 635. The Kier molecular flexibility index (Phi) is 5.11. The molecule has 2 aliphatic rings. The molecule has 1 aliphatic heterocycles. The first-order valence-corrected chi connectivity index (χ1v) is 9.33. The van der Waals surface area contributed by atoms with Gasteiger partial charge in [0.15, 0.2) is 5.69 Å². The zero-order chi connectivity index (χ0) is 18.0. The number of hydrogen-bond donors (Lipinski definition) is 0. The zero-order valence-corrected chi connectivity index (χ0v) is 15.6. The summed E-state index contributed by atoms with van der Waals surface area (Å²) in [5, 5.41) is 7.78. The quantitative estimate of drug-likeness (QED) is 0.833. The predicted molar refractivity (Wildman–Crippen MR) is 93.9 cm³/mol. The number of likely N-dealkylation sites (tertiary alicyclic amines) is 1. The summed E-state index contributed by atoms with van der Waals surface area (Å²) in [5.41, 5.74) is 0.147. The van der Waals surface area contributed by atoms with E-state index in [9.17, 15) is 9.59 Å². The van der Waals surface area contributed by atoms with E-state index in [4.69, 9.17) is 0 Å². The fourth-order valence-corrected chi connectivity index (χ4v) is 4.29. The third kappa shape index (κ3) is 3.70. The van der Waals surface area contributed by atoms with Gasteiger partial charge < -0.3 is 9.80 Å². The van der Waals surface area contributed by atoms with E-state index in [1.54, 1.807) is 13.2 Å². The maximum Gasteiger partial charge on any atom is 0.276 e. The molecule has 0 aromatic carbocycles. The lowest BCUT2D eigenvalue weighted by Crippen LogP contribution is -2.48. The highest BCUT2D eigenvalue weighted by molar-refractivity contribution is 5.92. The Balaban J connectivity index is 1.64. The van der Waals surface area contributed by atoms with Crippen molar-refractivity contribution < 1.29 is 9.59 Å². The Morgan fingerprint density at radius 3 is 2.64 bits per heavy atom. The van der Waals surface area contributed by atoms with Crippen molar-refractivity contribution in [3.8, 4) is 0 Å². The van der Waals surface area contributed by atoms with E-state index < -0.39 is 0 Å². The van der Waals surface area contributed by atoms with Crippen LogP contribution in [0.15, 0.2) is 6.20 Å². The number of hydrogen-bond acceptors (Lipinski definition) is 4. The van der Waals surface area contributed by atoms with Crippen LogP contribution >= 0.6 is 0 Å². The molecule has 3 rings (SSSR count). The van der Waals surface area contributed by atoms with Crippen molar-refractivity contribution in [2.45, 2.75) is 57.9 Å². The third-order valence-corrected chi connectivity index (χ3v) is 5.76. The van der Waals surface area contributed by atoms with Gasteiger partial charge >= 0.3 is 0 Å². The minimum Gasteiger partial charge on any atom is -0.343 e. The van der Waals surface area contributed by atoms with E-state index >= 15 is 0 Å². The van der Waals surface area contributed by atoms with Crippen molar-refractivity contribution in [3.05, 3.63) is 11.9 Å². The highest BCUT2D eigenvalue weighted by atomic mass is 16.2. The lowest BCUT2D eigenvalue weighted by Gasteiger charge is -2.37. The molecule has 1 aliphatic carbocycles. The molecule has 1 aromatic rings. The molecule has 2 amide bonds. The molecule has 0 bridgehead atoms. The number of nitrogens with zero attached hydrogens (tertiary/aromatic N) is 5. The highest BCUT2D eigenvalue weighted by Crippen LogP contribution is 2.37. The Hall–Kier alpha value is -1.92. The molecule has 7 heteroatoms. The monoisotopic (exact) mass is 347 g/mol. The fraction of sp³-hybridized carbons (Fsp3) is 0.778. The van der Waals surface area contributed by atoms with Gasteiger partial charge in [-0.3, -0.25) is 14.3 Å². The molecule has 138 valence electrons. The van der Waals surface area contributed by atoms with Crippen molar-refractivity contribution in [2.24, 2.45) is 12.5 Å². The Morgan fingerprint density at radius 1 is 1.28 bits per heavy atom. The average molecular weight is 347 g/mol. The van der Waals surface area contributed by atoms with E-state index in [-0.39, 0.29) is 23.3 Å². The molecule has 0 N–H and O–H groups in total. The van der Waals surface area contributed by atoms with Gasteiger partial charge in [0, 0.05) is 38.6 Å². The van der Waals surface area contributed by atoms with Crippen LogP contribution < -0.4 is 0 Å². The van der Waals surface area contributed by atoms with Crippen LogP contribution in [0.2, 0.25) is 0 Å². The number of carbonyl (C=O) groups excluding carboxylic acids is 2. The standard InChI is InChI=1S/C18H29N5O2/c1-18(9-5-4-6-10-18)17(25)21(2)12-14-8-7-11-23(14)16(24)15-13-22(3)20-19-15/h13-14H,4-12H2,1-3H3/t14-/m0/s1. The summed E-state index contributed by atoms with van der Waals surface area (Å²) in [6, 6.07) is 0.0654. The van der Waals surface area contributed by atoms with Gasteiger partial charge in [-0.15, -0.1) is 5.10 Å². The molecule has 0 radical (unpaired) electrons. The molecule has 2 heterocycles. The first-order valence-electron chi connectivity index (χ1n) is 9.33. The minimum atomic E-state index is -0.231. The summed E-state index contributed by atoms with van der Waals surface area (Å²) in [6.07, 6.45) is 9.00. The number of aryl methyl sites for hydroxylation is 1. The van der Waals surface area contributed by atoms with E-state index in [1.807, 2.05) is 16.8 Å². The Morgan fingerprint density at radius 2 is 2.00 bits per heavy atom. The first-order chi connectivity index (χ1) is 11.9. The summed E-state index contributed by atoms with van der Waals surface area (Å²) >= 11 is 0. The highest BCUT2D eigenvalue weighted by Gasteiger charge is 2.38. The van der Waals surface area contributed by atoms with E-state index in [0.29, 0.717) is 12.2 Å². The zero-order valence-electron chi connectivity index (χ0n) is 15.6. The fourth-order valence-electron chi connectivity index (χ4n) is 4.29. The molecule has 1 saturated carbocycles. The van der Waals surface area contributed by atoms with Gasteiger partial charge in [0.1, 0.15) is 0 Å². The van der Waals surface area contributed by atoms with E-state index in [0.717, 1.165) is 45.1 Å². The summed E-state index contributed by atoms with van der Waals surface area (Å²) in [7, 11) is 3.63. The second-order valence-corrected chi connectivity index (χ2v) is 7.88. The minimum absolute atomic E-state index is 0.0654. The topological polar surface area (TPSA) is 71.3 Å². The number of likely N-dealkylation sites (N-methyl/N-ethyl adjacent to an activating group) is 1. The van der Waals surface area contributed by atoms with Gasteiger partial charge in [-0.25, -0.2) is 0 Å². The molecule has 1 atom stereocenters. The smallest absolute Gasteiger partial charge is 0.276 e. The van der Waals surface area contributed by atoms with Crippen LogP contribution in [0.4, 0.5) is 0 Å². The van der Waals surface area contributed by atoms with Crippen LogP contribution in [0.25, 0.3) is 0 Å². The van der Waals surface area contributed by atoms with E-state index in [1.165, 1.54) is 11.1 Å². The third-order valence-electron chi connectivity index (χ3n) is 5.76. The molecule has 7 nitrogen and oxygen atoms in total. The van der Waals surface area contributed by atoms with Crippen molar-refractivity contribution in [2.75, 3.05) is 20.1 Å². The van der Waals surface area contributed by atoms with Gasteiger partial charge in [-0.2, -0.15) is 0 Å². The van der Waals surface area contributed by atoms with Crippen LogP contribution in [0.1, 0.15) is 62.4 Å². The summed E-state index contributed by atoms with van der Waals surface area (Å²) in [5.74, 6) is 0.145. The van der Waals surface area contributed by atoms with Crippen LogP contribution in [0.5, 0.6) is 0 Å². The van der Waals surface area contributed by atoms with Gasteiger partial charge in [0.25, 0.3) is 5.91 Å². The van der Waals surface area contributed by atoms with Crippen LogP contribution in [0.3, 0.4) is 0 Å². The van der Waals surface area contributed by atoms with Crippen LogP contribution in [-0.2, 0) is 11.8 Å². The molecule has 0 spiro atoms. The van der Waals surface area contributed by atoms with Crippen molar-refractivity contribution in [1.82, 2.24) is 24.8 Å². The second-order valence-electron chi connectivity index (χ2n) is 7.88. The number of aromatic nitrogens is 3. The number of rotatable bonds is 4. The first kappa shape index (κ1) is 17.9. The molecule has 25 heavy (non-hydrogen) atoms. The van der Waals surface area contributed by atoms with Gasteiger partial charge in [0.2, 0.25) is 5.91 Å². The van der Waals surface area contributed by atoms with Crippen LogP contribution in [0, 0.1) is 5.41 Å². The maximum atomic E-state index is 13.0. The van der Waals surface area contributed by atoms with Gasteiger partial charge in [0.05, 0.1) is 6.20 Å². The summed E-state index contributed by atoms with van der Waals surface area (Å²) in [4.78, 5) is 29.4. The van der Waals surface area contributed by atoms with Gasteiger partial charge in [-0.05, 0) is 25.7 Å². The molecular weight excluding hydrogens is 318 g/mol. The normalized spacial score (nSPS) is 22.8. The maximum absolute atomic E-state index is 13.0. The summed E-state index contributed by atoms with van der Waals surface area (Å²) < 4.78 is 1.54. The van der Waals surface area contributed by atoms with Crippen LogP contribution in [-0.4, -0.2) is 62.8 Å². The SMILES string of the molecule is CN(C[C@@H]1CCCN1C(=O)c1cn(C)nn1)C(=O)C1(C)CCCCC1. The molecule has 2 fully saturated rings.